The lowest BCUT2D eigenvalue weighted by molar-refractivity contribution is 0.264. The van der Waals surface area contributed by atoms with Gasteiger partial charge in [-0.3, -0.25) is 4.72 Å². The van der Waals surface area contributed by atoms with Gasteiger partial charge in [0.15, 0.2) is 0 Å². The van der Waals surface area contributed by atoms with Crippen molar-refractivity contribution in [2.75, 3.05) is 31.4 Å². The number of halogens is 1. The van der Waals surface area contributed by atoms with E-state index in [1.54, 1.807) is 16.4 Å². The van der Waals surface area contributed by atoms with Crippen molar-refractivity contribution in [2.45, 2.75) is 12.8 Å². The van der Waals surface area contributed by atoms with E-state index in [1.807, 2.05) is 19.2 Å². The van der Waals surface area contributed by atoms with E-state index < -0.39 is 10.2 Å². The van der Waals surface area contributed by atoms with Crippen LogP contribution in [0.3, 0.4) is 0 Å². The Labute approximate surface area is 129 Å². The number of hydrogen-bond donors (Lipinski definition) is 2. The highest BCUT2D eigenvalue weighted by Gasteiger charge is 2.28. The maximum absolute atomic E-state index is 12.4. The molecular weight excluding hydrogens is 342 g/mol. The van der Waals surface area contributed by atoms with E-state index in [-0.39, 0.29) is 0 Å². The molecule has 112 valence electrons. The van der Waals surface area contributed by atoms with Gasteiger partial charge in [-0.05, 0) is 50.6 Å². The molecule has 2 N–H and O–H groups in total. The van der Waals surface area contributed by atoms with Gasteiger partial charge in [0.25, 0.3) is 0 Å². The molecule has 1 heterocycles. The average Bonchev–Trinajstić information content (AvgIpc) is 2.39. The Morgan fingerprint density at radius 2 is 2.25 bits per heavy atom. The highest BCUT2D eigenvalue weighted by atomic mass is 79.9. The van der Waals surface area contributed by atoms with Crippen molar-refractivity contribution in [3.63, 3.8) is 0 Å². The maximum Gasteiger partial charge on any atom is 0.301 e. The number of hydrogen-bond acceptors (Lipinski definition) is 3. The topological polar surface area (TPSA) is 61.4 Å². The summed E-state index contributed by atoms with van der Waals surface area (Å²) >= 11 is 3.34. The van der Waals surface area contributed by atoms with Crippen molar-refractivity contribution in [1.82, 2.24) is 9.62 Å². The molecule has 1 fully saturated rings. The molecule has 1 atom stereocenters. The second-order valence-electron chi connectivity index (χ2n) is 5.04. The first-order valence-corrected chi connectivity index (χ1v) is 8.92. The van der Waals surface area contributed by atoms with Gasteiger partial charge in [-0.15, -0.1) is 0 Å². The Morgan fingerprint density at radius 3 is 2.95 bits per heavy atom. The number of rotatable bonds is 5. The monoisotopic (exact) mass is 361 g/mol. The van der Waals surface area contributed by atoms with E-state index in [0.29, 0.717) is 24.7 Å². The van der Waals surface area contributed by atoms with Crippen molar-refractivity contribution in [2.24, 2.45) is 5.92 Å². The van der Waals surface area contributed by atoms with Gasteiger partial charge in [0.2, 0.25) is 0 Å². The normalized spacial score (nSPS) is 20.8. The average molecular weight is 362 g/mol. The van der Waals surface area contributed by atoms with Crippen LogP contribution in [0, 0.1) is 5.92 Å². The van der Waals surface area contributed by atoms with Crippen molar-refractivity contribution in [3.8, 4) is 0 Å². The highest BCUT2D eigenvalue weighted by molar-refractivity contribution is 9.10. The van der Waals surface area contributed by atoms with Gasteiger partial charge in [0, 0.05) is 17.6 Å². The van der Waals surface area contributed by atoms with Crippen LogP contribution < -0.4 is 10.0 Å². The summed E-state index contributed by atoms with van der Waals surface area (Å²) < 4.78 is 29.8. The van der Waals surface area contributed by atoms with Crippen LogP contribution in [-0.4, -0.2) is 39.4 Å². The Kier molecular flexibility index (Phi) is 5.42. The first kappa shape index (κ1) is 15.8. The van der Waals surface area contributed by atoms with E-state index in [2.05, 4.69) is 26.0 Å². The Bertz CT molecular complexity index is 548. The van der Waals surface area contributed by atoms with Gasteiger partial charge in [-0.1, -0.05) is 22.0 Å². The number of nitrogens with zero attached hydrogens (tertiary/aromatic N) is 1. The fourth-order valence-electron chi connectivity index (χ4n) is 2.47. The molecule has 2 rings (SSSR count). The third-order valence-corrected chi connectivity index (χ3v) is 5.38. The zero-order valence-electron chi connectivity index (χ0n) is 11.5. The summed E-state index contributed by atoms with van der Waals surface area (Å²) in [6.07, 6.45) is 1.98. The molecule has 0 bridgehead atoms. The minimum Gasteiger partial charge on any atom is -0.319 e. The van der Waals surface area contributed by atoms with Crippen LogP contribution in [0.25, 0.3) is 0 Å². The Morgan fingerprint density at radius 1 is 1.45 bits per heavy atom. The molecule has 1 saturated heterocycles. The van der Waals surface area contributed by atoms with Gasteiger partial charge in [0.1, 0.15) is 0 Å². The number of benzene rings is 1. The molecule has 1 aliphatic rings. The lowest BCUT2D eigenvalue weighted by Crippen LogP contribution is -2.44. The quantitative estimate of drug-likeness (QED) is 0.843. The molecule has 1 aliphatic heterocycles. The highest BCUT2D eigenvalue weighted by Crippen LogP contribution is 2.22. The molecule has 5 nitrogen and oxygen atoms in total. The minimum absolute atomic E-state index is 0.382. The van der Waals surface area contributed by atoms with E-state index >= 15 is 0 Å². The largest absolute Gasteiger partial charge is 0.319 e. The molecular formula is C13H20BrN3O2S. The Balaban J connectivity index is 2.06. The molecule has 1 aromatic carbocycles. The molecule has 0 aliphatic carbocycles. The number of piperidine rings is 1. The first-order valence-electron chi connectivity index (χ1n) is 6.69. The van der Waals surface area contributed by atoms with Crippen molar-refractivity contribution < 1.29 is 8.42 Å². The third-order valence-electron chi connectivity index (χ3n) is 3.39. The molecule has 1 unspecified atom stereocenters. The van der Waals surface area contributed by atoms with E-state index in [4.69, 9.17) is 0 Å². The SMILES string of the molecule is CNCC1CCCN(S(=O)(=O)Nc2cccc(Br)c2)C1. The van der Waals surface area contributed by atoms with Gasteiger partial charge >= 0.3 is 10.2 Å². The zero-order chi connectivity index (χ0) is 14.6. The standard InChI is InChI=1S/C13H20BrN3O2S/c1-15-9-11-4-3-7-17(10-11)20(18,19)16-13-6-2-5-12(14)8-13/h2,5-6,8,11,15-16H,3-4,7,9-10H2,1H3. The van der Waals surface area contributed by atoms with Crippen LogP contribution in [0.15, 0.2) is 28.7 Å². The molecule has 20 heavy (non-hydrogen) atoms. The first-order chi connectivity index (χ1) is 9.51. The second-order valence-corrected chi connectivity index (χ2v) is 7.63. The van der Waals surface area contributed by atoms with E-state index in [1.165, 1.54) is 0 Å². The van der Waals surface area contributed by atoms with Crippen molar-refractivity contribution in [1.29, 1.82) is 0 Å². The molecule has 0 spiro atoms. The van der Waals surface area contributed by atoms with Crippen LogP contribution in [0.2, 0.25) is 0 Å². The second kappa shape index (κ2) is 6.89. The Hall–Kier alpha value is -0.630. The lowest BCUT2D eigenvalue weighted by atomic mass is 10.00. The third kappa shape index (κ3) is 4.18. The van der Waals surface area contributed by atoms with Gasteiger partial charge in [-0.2, -0.15) is 12.7 Å². The molecule has 0 aromatic heterocycles. The van der Waals surface area contributed by atoms with E-state index in [9.17, 15) is 8.42 Å². The molecule has 7 heteroatoms. The molecule has 0 radical (unpaired) electrons. The van der Waals surface area contributed by atoms with Crippen LogP contribution in [0.1, 0.15) is 12.8 Å². The molecule has 0 saturated carbocycles. The smallest absolute Gasteiger partial charge is 0.301 e. The summed E-state index contributed by atoms with van der Waals surface area (Å²) in [4.78, 5) is 0. The fraction of sp³-hybridized carbons (Fsp3) is 0.538. The predicted octanol–water partition coefficient (Wildman–Crippen LogP) is 2.04. The summed E-state index contributed by atoms with van der Waals surface area (Å²) in [5.74, 6) is 0.382. The summed E-state index contributed by atoms with van der Waals surface area (Å²) in [5.41, 5.74) is 0.579. The fourth-order valence-corrected chi connectivity index (χ4v) is 4.20. The zero-order valence-corrected chi connectivity index (χ0v) is 13.9. The summed E-state index contributed by atoms with van der Waals surface area (Å²) in [6.45, 7) is 2.01. The minimum atomic E-state index is -3.47. The van der Waals surface area contributed by atoms with Gasteiger partial charge in [-0.25, -0.2) is 0 Å². The van der Waals surface area contributed by atoms with Crippen LogP contribution in [0.4, 0.5) is 5.69 Å². The predicted molar refractivity (Wildman–Crippen MR) is 84.9 cm³/mol. The summed E-state index contributed by atoms with van der Waals surface area (Å²) in [5, 5.41) is 3.12. The summed E-state index contributed by atoms with van der Waals surface area (Å²) in [6, 6.07) is 7.17. The van der Waals surface area contributed by atoms with Gasteiger partial charge in [0.05, 0.1) is 5.69 Å². The van der Waals surface area contributed by atoms with E-state index in [0.717, 1.165) is 23.9 Å². The number of anilines is 1. The van der Waals surface area contributed by atoms with Gasteiger partial charge < -0.3 is 5.32 Å². The number of nitrogens with one attached hydrogen (secondary N) is 2. The van der Waals surface area contributed by atoms with Crippen LogP contribution in [-0.2, 0) is 10.2 Å². The molecule has 1 aromatic rings. The van der Waals surface area contributed by atoms with Crippen LogP contribution in [0.5, 0.6) is 0 Å². The lowest BCUT2D eigenvalue weighted by Gasteiger charge is -2.31. The summed E-state index contributed by atoms with van der Waals surface area (Å²) in [7, 11) is -1.57. The van der Waals surface area contributed by atoms with Crippen molar-refractivity contribution >= 4 is 31.8 Å². The van der Waals surface area contributed by atoms with Crippen LogP contribution >= 0.6 is 15.9 Å². The molecule has 0 amide bonds. The maximum atomic E-state index is 12.4. The van der Waals surface area contributed by atoms with Crippen molar-refractivity contribution in [3.05, 3.63) is 28.7 Å².